The molecule has 7 nitrogen and oxygen atoms in total. The number of halogens is 1. The second-order valence-corrected chi connectivity index (χ2v) is 9.08. The van der Waals surface area contributed by atoms with Crippen LogP contribution >= 0.6 is 11.6 Å². The van der Waals surface area contributed by atoms with E-state index in [9.17, 15) is 20.1 Å². The van der Waals surface area contributed by atoms with Crippen molar-refractivity contribution in [3.05, 3.63) is 82.5 Å². The highest BCUT2D eigenvalue weighted by atomic mass is 35.5. The fourth-order valence-electron chi connectivity index (χ4n) is 3.55. The largest absolute Gasteiger partial charge is 0.508 e. The lowest BCUT2D eigenvalue weighted by molar-refractivity contribution is -0.115. The summed E-state index contributed by atoms with van der Waals surface area (Å²) in [5.41, 5.74) is 2.00. The zero-order chi connectivity index (χ0) is 24.0. The summed E-state index contributed by atoms with van der Waals surface area (Å²) in [6.07, 6.45) is 1.47. The maximum absolute atomic E-state index is 12.4. The molecule has 2 aromatic carbocycles. The van der Waals surface area contributed by atoms with Crippen LogP contribution in [-0.2, 0) is 17.6 Å². The van der Waals surface area contributed by atoms with Gasteiger partial charge in [0.15, 0.2) is 0 Å². The first kappa shape index (κ1) is 24.5. The summed E-state index contributed by atoms with van der Waals surface area (Å²) in [4.78, 5) is 16.4. The van der Waals surface area contributed by atoms with Gasteiger partial charge in [0.05, 0.1) is 17.5 Å². The standard InChI is InChI=1S/C25H28ClN3O4/c1-25(2,28-15-22(32)18-10-20(30)12-21(31)11-18)13-17-5-3-4-16(8-17)9-24(33)29-23-7-6-19(26)14-27-23/h3-8,10-12,14,22,28,30-32H,9,13,15H2,1-2H3,(H,27,29,33). The molecule has 1 amide bonds. The number of aliphatic hydroxyl groups excluding tert-OH is 1. The number of aliphatic hydroxyl groups is 1. The number of carbonyl (C=O) groups is 1. The van der Waals surface area contributed by atoms with Gasteiger partial charge < -0.3 is 26.0 Å². The number of phenols is 2. The Kier molecular flexibility index (Phi) is 7.92. The van der Waals surface area contributed by atoms with Crippen molar-refractivity contribution in [1.29, 1.82) is 0 Å². The van der Waals surface area contributed by atoms with Crippen molar-refractivity contribution in [1.82, 2.24) is 10.3 Å². The molecule has 1 unspecified atom stereocenters. The highest BCUT2D eigenvalue weighted by Crippen LogP contribution is 2.25. The summed E-state index contributed by atoms with van der Waals surface area (Å²) >= 11 is 5.82. The summed E-state index contributed by atoms with van der Waals surface area (Å²) in [7, 11) is 0. The third-order valence-electron chi connectivity index (χ3n) is 5.08. The Labute approximate surface area is 198 Å². The topological polar surface area (TPSA) is 115 Å². The van der Waals surface area contributed by atoms with Gasteiger partial charge >= 0.3 is 0 Å². The molecule has 0 saturated carbocycles. The van der Waals surface area contributed by atoms with E-state index < -0.39 is 6.10 Å². The van der Waals surface area contributed by atoms with E-state index in [0.717, 1.165) is 11.1 Å². The van der Waals surface area contributed by atoms with Crippen molar-refractivity contribution < 1.29 is 20.1 Å². The summed E-state index contributed by atoms with van der Waals surface area (Å²) in [5.74, 6) is 0.0772. The lowest BCUT2D eigenvalue weighted by Crippen LogP contribution is -2.43. The molecule has 0 radical (unpaired) electrons. The fourth-order valence-corrected chi connectivity index (χ4v) is 3.66. The summed E-state index contributed by atoms with van der Waals surface area (Å²) in [5, 5.41) is 36.3. The molecule has 1 heterocycles. The second kappa shape index (κ2) is 10.7. The minimum atomic E-state index is -0.890. The Morgan fingerprint density at radius 1 is 1.06 bits per heavy atom. The van der Waals surface area contributed by atoms with Crippen LogP contribution in [0.5, 0.6) is 11.5 Å². The monoisotopic (exact) mass is 469 g/mol. The molecule has 33 heavy (non-hydrogen) atoms. The Hall–Kier alpha value is -3.13. The van der Waals surface area contributed by atoms with E-state index >= 15 is 0 Å². The molecule has 5 N–H and O–H groups in total. The number of amides is 1. The van der Waals surface area contributed by atoms with Gasteiger partial charge in [0.2, 0.25) is 5.91 Å². The number of nitrogens with one attached hydrogen (secondary N) is 2. The number of anilines is 1. The SMILES string of the molecule is CC(C)(Cc1cccc(CC(=O)Nc2ccc(Cl)cn2)c1)NCC(O)c1cc(O)cc(O)c1. The zero-order valence-corrected chi connectivity index (χ0v) is 19.3. The van der Waals surface area contributed by atoms with E-state index in [1.165, 1.54) is 24.4 Å². The molecule has 0 aliphatic heterocycles. The summed E-state index contributed by atoms with van der Waals surface area (Å²) < 4.78 is 0. The number of phenolic OH excluding ortho intramolecular Hbond substituents is 2. The average Bonchev–Trinajstić information content (AvgIpc) is 2.73. The van der Waals surface area contributed by atoms with Crippen LogP contribution in [0.3, 0.4) is 0 Å². The zero-order valence-electron chi connectivity index (χ0n) is 18.5. The average molecular weight is 470 g/mol. The minimum Gasteiger partial charge on any atom is -0.508 e. The number of hydrogen-bond donors (Lipinski definition) is 5. The molecule has 1 atom stereocenters. The van der Waals surface area contributed by atoms with Crippen LogP contribution in [0.1, 0.15) is 36.6 Å². The molecule has 0 bridgehead atoms. The predicted octanol–water partition coefficient (Wildman–Crippen LogP) is 3.97. The van der Waals surface area contributed by atoms with E-state index in [-0.39, 0.29) is 35.9 Å². The Morgan fingerprint density at radius 3 is 2.42 bits per heavy atom. The van der Waals surface area contributed by atoms with Crippen molar-refractivity contribution in [3.63, 3.8) is 0 Å². The fraction of sp³-hybridized carbons (Fsp3) is 0.280. The number of nitrogens with zero attached hydrogens (tertiary/aromatic N) is 1. The molecular formula is C25H28ClN3O4. The van der Waals surface area contributed by atoms with Gasteiger partial charge in [0.25, 0.3) is 0 Å². The number of hydrogen-bond acceptors (Lipinski definition) is 6. The molecule has 8 heteroatoms. The molecule has 0 fully saturated rings. The first-order valence-corrected chi connectivity index (χ1v) is 10.9. The van der Waals surface area contributed by atoms with E-state index in [4.69, 9.17) is 11.6 Å². The summed E-state index contributed by atoms with van der Waals surface area (Å²) in [6, 6.07) is 15.2. The second-order valence-electron chi connectivity index (χ2n) is 8.65. The maximum Gasteiger partial charge on any atom is 0.229 e. The van der Waals surface area contributed by atoms with E-state index in [2.05, 4.69) is 15.6 Å². The lowest BCUT2D eigenvalue weighted by atomic mass is 9.93. The van der Waals surface area contributed by atoms with E-state index in [1.54, 1.807) is 12.1 Å². The first-order valence-electron chi connectivity index (χ1n) is 10.5. The Morgan fingerprint density at radius 2 is 1.76 bits per heavy atom. The maximum atomic E-state index is 12.4. The number of aromatic nitrogens is 1. The molecule has 1 aromatic heterocycles. The van der Waals surface area contributed by atoms with Crippen molar-refractivity contribution in [3.8, 4) is 11.5 Å². The van der Waals surface area contributed by atoms with Gasteiger partial charge in [0.1, 0.15) is 17.3 Å². The molecular weight excluding hydrogens is 442 g/mol. The number of β-amino-alcohol motifs (C(OH)–C–C–N with tert-alkyl or cyclic N) is 1. The van der Waals surface area contributed by atoms with Crippen LogP contribution in [0, 0.1) is 0 Å². The number of pyridine rings is 1. The van der Waals surface area contributed by atoms with Crippen LogP contribution in [0.25, 0.3) is 0 Å². The molecule has 174 valence electrons. The number of carbonyl (C=O) groups excluding carboxylic acids is 1. The van der Waals surface area contributed by atoms with Crippen LogP contribution in [0.4, 0.5) is 5.82 Å². The molecule has 0 spiro atoms. The molecule has 3 rings (SSSR count). The lowest BCUT2D eigenvalue weighted by Gasteiger charge is -2.28. The third kappa shape index (κ3) is 7.75. The molecule has 3 aromatic rings. The number of aromatic hydroxyl groups is 2. The van der Waals surface area contributed by atoms with Crippen LogP contribution in [-0.4, -0.2) is 38.3 Å². The van der Waals surface area contributed by atoms with Crippen molar-refractivity contribution in [2.45, 2.75) is 38.3 Å². The predicted molar refractivity (Wildman–Crippen MR) is 129 cm³/mol. The van der Waals surface area contributed by atoms with Gasteiger partial charge in [-0.15, -0.1) is 0 Å². The normalized spacial score (nSPS) is 12.4. The van der Waals surface area contributed by atoms with E-state index in [0.29, 0.717) is 22.8 Å². The molecule has 0 saturated heterocycles. The van der Waals surface area contributed by atoms with Gasteiger partial charge in [-0.2, -0.15) is 0 Å². The van der Waals surface area contributed by atoms with Crippen LogP contribution in [0.15, 0.2) is 60.8 Å². The van der Waals surface area contributed by atoms with Crippen LogP contribution < -0.4 is 10.6 Å². The van der Waals surface area contributed by atoms with Crippen molar-refractivity contribution in [2.24, 2.45) is 0 Å². The van der Waals surface area contributed by atoms with Gasteiger partial charge in [-0.25, -0.2) is 4.98 Å². The van der Waals surface area contributed by atoms with E-state index in [1.807, 2.05) is 38.1 Å². The van der Waals surface area contributed by atoms with Gasteiger partial charge in [-0.05, 0) is 61.2 Å². The van der Waals surface area contributed by atoms with Gasteiger partial charge in [0, 0.05) is 24.3 Å². The number of rotatable bonds is 9. The van der Waals surface area contributed by atoms with Gasteiger partial charge in [-0.3, -0.25) is 4.79 Å². The first-order chi connectivity index (χ1) is 15.6. The quantitative estimate of drug-likeness (QED) is 0.324. The summed E-state index contributed by atoms with van der Waals surface area (Å²) in [6.45, 7) is 4.28. The Bertz CT molecular complexity index is 1080. The van der Waals surface area contributed by atoms with Crippen molar-refractivity contribution >= 4 is 23.3 Å². The molecule has 0 aliphatic carbocycles. The van der Waals surface area contributed by atoms with Crippen molar-refractivity contribution in [2.75, 3.05) is 11.9 Å². The van der Waals surface area contributed by atoms with Gasteiger partial charge in [-0.1, -0.05) is 35.9 Å². The highest BCUT2D eigenvalue weighted by molar-refractivity contribution is 6.30. The molecule has 0 aliphatic rings. The van der Waals surface area contributed by atoms with Crippen LogP contribution in [0.2, 0.25) is 5.02 Å². The Balaban J connectivity index is 1.56. The smallest absolute Gasteiger partial charge is 0.229 e. The highest BCUT2D eigenvalue weighted by Gasteiger charge is 2.20. The number of benzene rings is 2. The third-order valence-corrected chi connectivity index (χ3v) is 5.30. The minimum absolute atomic E-state index is 0.101.